The number of hydrogen-bond donors (Lipinski definition) is 0. The van der Waals surface area contributed by atoms with Crippen molar-refractivity contribution in [2.24, 2.45) is 0 Å². The zero-order chi connectivity index (χ0) is 4.99. The van der Waals surface area contributed by atoms with Crippen LogP contribution in [0.25, 0.3) is 0 Å². The fourth-order valence-corrected chi connectivity index (χ4v) is 0.224. The molecule has 0 aromatic heterocycles. The molecule has 1 nitrogen and oxygen atoms in total. The molecule has 0 unspecified atom stereocenters. The second-order valence-corrected chi connectivity index (χ2v) is 1.57. The summed E-state index contributed by atoms with van der Waals surface area (Å²) >= 11 is 5.48. The fourth-order valence-electron chi connectivity index (χ4n) is 0.224. The van der Waals surface area contributed by atoms with E-state index in [1.807, 2.05) is 13.8 Å². The van der Waals surface area contributed by atoms with Crippen LogP contribution in [0.1, 0.15) is 15.3 Å². The van der Waals surface area contributed by atoms with Gasteiger partial charge in [-0.3, -0.25) is 0 Å². The van der Waals surface area contributed by atoms with Gasteiger partial charge in [0, 0.05) is 13.1 Å². The smallest absolute Gasteiger partial charge is 1.00 e. The number of hydrogen-bond acceptors (Lipinski definition) is 1. The van der Waals surface area contributed by atoms with E-state index in [-0.39, 0.29) is 20.3 Å². The minimum Gasteiger partial charge on any atom is -1.00 e. The summed E-state index contributed by atoms with van der Waals surface area (Å²) in [6.07, 6.45) is 0. The van der Waals surface area contributed by atoms with E-state index < -0.39 is 0 Å². The summed E-state index contributed by atoms with van der Waals surface area (Å²) < 4.78 is 1.72. The molecule has 0 aliphatic carbocycles. The van der Waals surface area contributed by atoms with Crippen molar-refractivity contribution in [3.05, 3.63) is 0 Å². The molecular weight excluding hydrogens is 104 g/mol. The Morgan fingerprint density at radius 1 is 1.43 bits per heavy atom. The summed E-state index contributed by atoms with van der Waals surface area (Å²) in [7, 11) is 0. The first-order valence-electron chi connectivity index (χ1n) is 2.22. The molecule has 0 aliphatic heterocycles. The maximum Gasteiger partial charge on any atom is 1.00 e. The van der Waals surface area contributed by atoms with E-state index in [1.165, 1.54) is 0 Å². The van der Waals surface area contributed by atoms with Crippen molar-refractivity contribution < 1.29 is 20.3 Å². The van der Waals surface area contributed by atoms with Gasteiger partial charge in [-0.1, -0.05) is 13.8 Å². The van der Waals surface area contributed by atoms with E-state index in [2.05, 4.69) is 0 Å². The molecule has 0 heterocycles. The third-order valence-electron chi connectivity index (χ3n) is 0.686. The van der Waals surface area contributed by atoms with Crippen molar-refractivity contribution >= 4 is 11.8 Å². The Morgan fingerprint density at radius 3 is 1.71 bits per heavy atom. The number of halogens is 1. The van der Waals surface area contributed by atoms with Crippen molar-refractivity contribution in [3.63, 3.8) is 0 Å². The maximum absolute atomic E-state index is 5.48. The van der Waals surface area contributed by atoms with Crippen LogP contribution in [0, 0.1) is 0 Å². The van der Waals surface area contributed by atoms with Crippen LogP contribution in [0.15, 0.2) is 0 Å². The normalized spacial score (nSPS) is 8.57. The summed E-state index contributed by atoms with van der Waals surface area (Å²) in [5.74, 6) is 0. The largest absolute Gasteiger partial charge is 1.00 e. The Balaban J connectivity index is -0.000000125. The molecule has 0 amide bonds. The first-order valence-corrected chi connectivity index (χ1v) is 2.55. The van der Waals surface area contributed by atoms with Gasteiger partial charge in [0.05, 0.1) is 0 Å². The van der Waals surface area contributed by atoms with Crippen LogP contribution in [-0.4, -0.2) is 17.5 Å². The second kappa shape index (κ2) is 6.85. The van der Waals surface area contributed by atoms with E-state index in [0.717, 1.165) is 13.1 Å². The van der Waals surface area contributed by atoms with Gasteiger partial charge in [-0.25, -0.2) is 4.42 Å². The van der Waals surface area contributed by atoms with Gasteiger partial charge in [-0.15, -0.1) is 0 Å². The minimum absolute atomic E-state index is 0. The van der Waals surface area contributed by atoms with Gasteiger partial charge in [-0.05, 0) is 11.8 Å². The molecule has 0 bridgehead atoms. The molecule has 0 rings (SSSR count). The predicted octanol–water partition coefficient (Wildman–Crippen LogP) is -1.40. The first-order chi connectivity index (χ1) is 2.81. The van der Waals surface area contributed by atoms with Crippen molar-refractivity contribution in [1.29, 1.82) is 0 Å². The molecule has 0 radical (unpaired) electrons. The third-order valence-corrected chi connectivity index (χ3v) is 1.16. The van der Waals surface area contributed by atoms with E-state index in [1.54, 1.807) is 4.42 Å². The average Bonchev–Trinajstić information content (AvgIpc) is 1.65. The quantitative estimate of drug-likeness (QED) is 0.316. The zero-order valence-electron chi connectivity index (χ0n) is 6.24. The first kappa shape index (κ1) is 10.8. The predicted molar refractivity (Wildman–Crippen MR) is 29.9 cm³/mol. The van der Waals surface area contributed by atoms with Gasteiger partial charge >= 0.3 is 18.9 Å². The molecule has 0 N–H and O–H groups in total. The van der Waals surface area contributed by atoms with Crippen LogP contribution in [0.3, 0.4) is 0 Å². The SMILES string of the molecule is CCN(Cl)CC.[H-].[Li+]. The van der Waals surface area contributed by atoms with Crippen LogP contribution in [0.5, 0.6) is 0 Å². The summed E-state index contributed by atoms with van der Waals surface area (Å²) in [5.41, 5.74) is 0. The summed E-state index contributed by atoms with van der Waals surface area (Å²) in [4.78, 5) is 0. The van der Waals surface area contributed by atoms with Gasteiger partial charge in [0.25, 0.3) is 0 Å². The van der Waals surface area contributed by atoms with Crippen LogP contribution in [0.2, 0.25) is 0 Å². The fraction of sp³-hybridized carbons (Fsp3) is 1.00. The molecule has 0 fully saturated rings. The van der Waals surface area contributed by atoms with E-state index in [9.17, 15) is 0 Å². The van der Waals surface area contributed by atoms with Gasteiger partial charge < -0.3 is 1.43 Å². The topological polar surface area (TPSA) is 3.24 Å². The van der Waals surface area contributed by atoms with Crippen molar-refractivity contribution in [1.82, 2.24) is 4.42 Å². The third kappa shape index (κ3) is 6.85. The van der Waals surface area contributed by atoms with E-state index in [0.29, 0.717) is 0 Å². The van der Waals surface area contributed by atoms with Gasteiger partial charge in [0.15, 0.2) is 0 Å². The Bertz CT molecular complexity index is 35.2. The number of rotatable bonds is 2. The van der Waals surface area contributed by atoms with Crippen molar-refractivity contribution in [2.45, 2.75) is 13.8 Å². The Hall–Kier alpha value is 0.847. The maximum atomic E-state index is 5.48. The molecule has 0 spiro atoms. The molecule has 0 aliphatic rings. The van der Waals surface area contributed by atoms with Crippen LogP contribution >= 0.6 is 11.8 Å². The standard InChI is InChI=1S/C4H10ClN.Li.H/c1-3-6(5)4-2;;/h3-4H2,1-2H3;;/q;+1;-1. The van der Waals surface area contributed by atoms with Gasteiger partial charge in [-0.2, -0.15) is 0 Å². The molecule has 0 saturated carbocycles. The molecule has 3 heteroatoms. The summed E-state index contributed by atoms with van der Waals surface area (Å²) in [5, 5.41) is 0. The zero-order valence-corrected chi connectivity index (χ0v) is 6.00. The second-order valence-electron chi connectivity index (χ2n) is 1.10. The Morgan fingerprint density at radius 2 is 1.71 bits per heavy atom. The molecule has 40 valence electrons. The van der Waals surface area contributed by atoms with E-state index in [4.69, 9.17) is 11.8 Å². The van der Waals surface area contributed by atoms with Gasteiger partial charge in [0.2, 0.25) is 0 Å². The van der Waals surface area contributed by atoms with Crippen molar-refractivity contribution in [2.75, 3.05) is 13.1 Å². The molecule has 0 saturated heterocycles. The summed E-state index contributed by atoms with van der Waals surface area (Å²) in [6.45, 7) is 5.91. The molecule has 7 heavy (non-hydrogen) atoms. The monoisotopic (exact) mass is 115 g/mol. The minimum atomic E-state index is 0. The molecular formula is C4H11ClLiN. The molecule has 0 aromatic carbocycles. The average molecular weight is 116 g/mol. The van der Waals surface area contributed by atoms with Crippen molar-refractivity contribution in [3.8, 4) is 0 Å². The Labute approximate surface area is 63.8 Å². The van der Waals surface area contributed by atoms with Crippen LogP contribution in [0.4, 0.5) is 0 Å². The number of nitrogens with zero attached hydrogens (tertiary/aromatic N) is 1. The van der Waals surface area contributed by atoms with Gasteiger partial charge in [0.1, 0.15) is 0 Å². The molecule has 0 aromatic rings. The Kier molecular flexibility index (Phi) is 10.5. The molecule has 0 atom stereocenters. The van der Waals surface area contributed by atoms with Crippen LogP contribution in [-0.2, 0) is 0 Å². The van der Waals surface area contributed by atoms with Crippen LogP contribution < -0.4 is 18.9 Å². The van der Waals surface area contributed by atoms with E-state index >= 15 is 0 Å². The summed E-state index contributed by atoms with van der Waals surface area (Å²) in [6, 6.07) is 0.